The van der Waals surface area contributed by atoms with Crippen LogP contribution in [-0.2, 0) is 16.0 Å². The Labute approximate surface area is 99.9 Å². The van der Waals surface area contributed by atoms with Crippen molar-refractivity contribution in [3.63, 3.8) is 0 Å². The molecule has 2 aliphatic carbocycles. The predicted octanol–water partition coefficient (Wildman–Crippen LogP) is 1.54. The largest absolute Gasteiger partial charge is 0.481 e. The minimum Gasteiger partial charge on any atom is -0.481 e. The summed E-state index contributed by atoms with van der Waals surface area (Å²) in [6.07, 6.45) is 2.79. The van der Waals surface area contributed by atoms with Crippen LogP contribution in [0, 0.1) is 11.8 Å². The lowest BCUT2D eigenvalue weighted by molar-refractivity contribution is -0.145. The van der Waals surface area contributed by atoms with Gasteiger partial charge in [0.2, 0.25) is 5.88 Å². The summed E-state index contributed by atoms with van der Waals surface area (Å²) < 4.78 is 10.2. The van der Waals surface area contributed by atoms with Crippen molar-refractivity contribution in [1.82, 2.24) is 4.98 Å². The van der Waals surface area contributed by atoms with Crippen LogP contribution in [-0.4, -0.2) is 24.7 Å². The van der Waals surface area contributed by atoms with E-state index in [2.05, 4.69) is 4.98 Å². The van der Waals surface area contributed by atoms with E-state index < -0.39 is 0 Å². The molecule has 0 spiro atoms. The Hall–Kier alpha value is -1.58. The molecule has 4 heteroatoms. The first-order chi connectivity index (χ1) is 8.26. The van der Waals surface area contributed by atoms with Crippen molar-refractivity contribution in [3.05, 3.63) is 23.4 Å². The first kappa shape index (κ1) is 10.6. The van der Waals surface area contributed by atoms with Crippen LogP contribution in [0.5, 0.6) is 5.88 Å². The number of rotatable bonds is 3. The molecule has 2 aliphatic rings. The first-order valence-electron chi connectivity index (χ1n) is 5.95. The van der Waals surface area contributed by atoms with E-state index in [9.17, 15) is 4.79 Å². The van der Waals surface area contributed by atoms with Crippen LogP contribution in [0.4, 0.5) is 0 Å². The van der Waals surface area contributed by atoms with Crippen LogP contribution in [0.25, 0.3) is 0 Å². The second kappa shape index (κ2) is 3.72. The molecule has 90 valence electrons. The van der Waals surface area contributed by atoms with Gasteiger partial charge in [0.05, 0.1) is 19.6 Å². The fourth-order valence-electron chi connectivity index (χ4n) is 2.94. The Morgan fingerprint density at radius 2 is 2.41 bits per heavy atom. The van der Waals surface area contributed by atoms with Crippen molar-refractivity contribution in [2.45, 2.75) is 19.3 Å². The summed E-state index contributed by atoms with van der Waals surface area (Å²) in [7, 11) is 1.62. The van der Waals surface area contributed by atoms with Gasteiger partial charge in [0.25, 0.3) is 0 Å². The Bertz CT molecular complexity index is 472. The lowest BCUT2D eigenvalue weighted by atomic mass is 10.0. The second-order valence-corrected chi connectivity index (χ2v) is 4.60. The molecule has 3 rings (SSSR count). The molecule has 3 unspecified atom stereocenters. The SMILES string of the molecule is CCOC(=O)C1C2Cc3cc(OC)ncc3C21. The standard InChI is InChI=1S/C13H15NO3/c1-3-17-13(15)12-8-4-7-5-10(16-2)14-6-9(7)11(8)12/h5-6,8,11-12H,3-4H2,1-2H3. The molecule has 1 heterocycles. The van der Waals surface area contributed by atoms with Gasteiger partial charge in [-0.2, -0.15) is 0 Å². The topological polar surface area (TPSA) is 48.4 Å². The fourth-order valence-corrected chi connectivity index (χ4v) is 2.94. The van der Waals surface area contributed by atoms with Gasteiger partial charge in [-0.25, -0.2) is 4.98 Å². The number of aromatic nitrogens is 1. The monoisotopic (exact) mass is 233 g/mol. The van der Waals surface area contributed by atoms with E-state index in [4.69, 9.17) is 9.47 Å². The van der Waals surface area contributed by atoms with Gasteiger partial charge in [0, 0.05) is 18.2 Å². The molecule has 3 atom stereocenters. The molecule has 1 fully saturated rings. The third-order valence-corrected chi connectivity index (χ3v) is 3.75. The normalized spacial score (nSPS) is 28.2. The molecular formula is C13H15NO3. The third kappa shape index (κ3) is 1.51. The molecule has 0 saturated heterocycles. The number of fused-ring (bicyclic) bond motifs is 3. The zero-order valence-electron chi connectivity index (χ0n) is 9.97. The molecular weight excluding hydrogens is 218 g/mol. The van der Waals surface area contributed by atoms with Crippen LogP contribution in [0.2, 0.25) is 0 Å². The molecule has 1 aromatic heterocycles. The maximum atomic E-state index is 11.7. The molecule has 17 heavy (non-hydrogen) atoms. The summed E-state index contributed by atoms with van der Waals surface area (Å²) in [6, 6.07) is 1.98. The first-order valence-corrected chi connectivity index (χ1v) is 5.95. The number of esters is 1. The van der Waals surface area contributed by atoms with Crippen molar-refractivity contribution in [2.75, 3.05) is 13.7 Å². The zero-order chi connectivity index (χ0) is 12.0. The van der Waals surface area contributed by atoms with Gasteiger partial charge in [0.1, 0.15) is 0 Å². The van der Waals surface area contributed by atoms with E-state index in [0.717, 1.165) is 6.42 Å². The molecule has 4 nitrogen and oxygen atoms in total. The predicted molar refractivity (Wildman–Crippen MR) is 60.8 cm³/mol. The second-order valence-electron chi connectivity index (χ2n) is 4.60. The Morgan fingerprint density at radius 1 is 1.59 bits per heavy atom. The molecule has 0 amide bonds. The zero-order valence-corrected chi connectivity index (χ0v) is 9.97. The highest BCUT2D eigenvalue weighted by molar-refractivity contribution is 5.79. The molecule has 0 N–H and O–H groups in total. The molecule has 1 aromatic rings. The van der Waals surface area contributed by atoms with Gasteiger partial charge in [-0.3, -0.25) is 4.79 Å². The average Bonchev–Trinajstić information content (AvgIpc) is 2.92. The summed E-state index contributed by atoms with van der Waals surface area (Å²) in [4.78, 5) is 15.9. The van der Waals surface area contributed by atoms with E-state index in [1.54, 1.807) is 7.11 Å². The van der Waals surface area contributed by atoms with E-state index in [-0.39, 0.29) is 11.9 Å². The number of carbonyl (C=O) groups is 1. The van der Waals surface area contributed by atoms with Crippen LogP contribution in [0.1, 0.15) is 24.0 Å². The number of carbonyl (C=O) groups excluding carboxylic acids is 1. The lowest BCUT2D eigenvalue weighted by Gasteiger charge is -2.08. The summed E-state index contributed by atoms with van der Waals surface area (Å²) >= 11 is 0. The molecule has 0 aromatic carbocycles. The van der Waals surface area contributed by atoms with Crippen molar-refractivity contribution in [2.24, 2.45) is 11.8 Å². The number of ether oxygens (including phenoxy) is 2. The van der Waals surface area contributed by atoms with Gasteiger partial charge in [0.15, 0.2) is 0 Å². The van der Waals surface area contributed by atoms with Crippen LogP contribution < -0.4 is 4.74 Å². The maximum Gasteiger partial charge on any atom is 0.309 e. The van der Waals surface area contributed by atoms with E-state index in [0.29, 0.717) is 24.3 Å². The third-order valence-electron chi connectivity index (χ3n) is 3.75. The van der Waals surface area contributed by atoms with Gasteiger partial charge in [-0.05, 0) is 30.4 Å². The highest BCUT2D eigenvalue weighted by Crippen LogP contribution is 2.61. The maximum absolute atomic E-state index is 11.7. The Morgan fingerprint density at radius 3 is 3.12 bits per heavy atom. The molecule has 0 aliphatic heterocycles. The van der Waals surface area contributed by atoms with Crippen molar-refractivity contribution in [1.29, 1.82) is 0 Å². The fraction of sp³-hybridized carbons (Fsp3) is 0.538. The van der Waals surface area contributed by atoms with Crippen LogP contribution in [0.15, 0.2) is 12.3 Å². The number of nitrogens with zero attached hydrogens (tertiary/aromatic N) is 1. The highest BCUT2D eigenvalue weighted by Gasteiger charge is 2.60. The van der Waals surface area contributed by atoms with Gasteiger partial charge >= 0.3 is 5.97 Å². The van der Waals surface area contributed by atoms with Crippen molar-refractivity contribution >= 4 is 5.97 Å². The number of pyridine rings is 1. The van der Waals surface area contributed by atoms with Crippen LogP contribution in [0.3, 0.4) is 0 Å². The molecule has 1 saturated carbocycles. The smallest absolute Gasteiger partial charge is 0.309 e. The van der Waals surface area contributed by atoms with E-state index in [1.165, 1.54) is 11.1 Å². The Balaban J connectivity index is 1.80. The molecule has 0 radical (unpaired) electrons. The average molecular weight is 233 g/mol. The number of hydrogen-bond acceptors (Lipinski definition) is 4. The van der Waals surface area contributed by atoms with Gasteiger partial charge in [-0.1, -0.05) is 0 Å². The van der Waals surface area contributed by atoms with Crippen molar-refractivity contribution < 1.29 is 14.3 Å². The number of methoxy groups -OCH3 is 1. The van der Waals surface area contributed by atoms with Gasteiger partial charge in [-0.15, -0.1) is 0 Å². The summed E-state index contributed by atoms with van der Waals surface area (Å²) in [6.45, 7) is 2.30. The van der Waals surface area contributed by atoms with Crippen molar-refractivity contribution in [3.8, 4) is 5.88 Å². The molecule has 0 bridgehead atoms. The minimum atomic E-state index is -0.0519. The number of hydrogen-bond donors (Lipinski definition) is 0. The quantitative estimate of drug-likeness (QED) is 0.743. The lowest BCUT2D eigenvalue weighted by Crippen LogP contribution is -2.11. The minimum absolute atomic E-state index is 0.0519. The van der Waals surface area contributed by atoms with Gasteiger partial charge < -0.3 is 9.47 Å². The Kier molecular flexibility index (Phi) is 2.31. The highest BCUT2D eigenvalue weighted by atomic mass is 16.5. The van der Waals surface area contributed by atoms with E-state index in [1.807, 2.05) is 19.2 Å². The summed E-state index contributed by atoms with van der Waals surface area (Å²) in [5.74, 6) is 1.43. The summed E-state index contributed by atoms with van der Waals surface area (Å²) in [5.41, 5.74) is 2.47. The van der Waals surface area contributed by atoms with E-state index >= 15 is 0 Å². The summed E-state index contributed by atoms with van der Waals surface area (Å²) in [5, 5.41) is 0. The van der Waals surface area contributed by atoms with Crippen LogP contribution >= 0.6 is 0 Å².